The lowest BCUT2D eigenvalue weighted by Gasteiger charge is -2.30. The van der Waals surface area contributed by atoms with Crippen LogP contribution in [-0.2, 0) is 25.7 Å². The molecule has 1 spiro atoms. The molecule has 0 N–H and O–H groups in total. The molecule has 2 aliphatic rings. The van der Waals surface area contributed by atoms with Gasteiger partial charge in [-0.25, -0.2) is 0 Å². The van der Waals surface area contributed by atoms with Crippen LogP contribution in [0.15, 0.2) is 62.1 Å². The fraction of sp³-hybridized carbons (Fsp3) is 0.448. The molecule has 0 saturated heterocycles. The first-order valence-corrected chi connectivity index (χ1v) is 11.7. The van der Waals surface area contributed by atoms with Crippen molar-refractivity contribution in [1.82, 2.24) is 0 Å². The van der Waals surface area contributed by atoms with Crippen molar-refractivity contribution < 1.29 is 18.9 Å². The van der Waals surface area contributed by atoms with Crippen LogP contribution in [0.3, 0.4) is 0 Å². The number of rotatable bonds is 10. The third kappa shape index (κ3) is 4.23. The highest BCUT2D eigenvalue weighted by molar-refractivity contribution is 5.61. The van der Waals surface area contributed by atoms with E-state index in [0.717, 1.165) is 24.3 Å². The summed E-state index contributed by atoms with van der Waals surface area (Å²) >= 11 is 0. The van der Waals surface area contributed by atoms with Crippen LogP contribution in [-0.4, -0.2) is 26.4 Å². The summed E-state index contributed by atoms with van der Waals surface area (Å²) in [4.78, 5) is 0. The Kier molecular flexibility index (Phi) is 6.22. The molecule has 0 fully saturated rings. The average Bonchev–Trinajstić information content (AvgIpc) is 3.14. The van der Waals surface area contributed by atoms with Gasteiger partial charge in [-0.3, -0.25) is 0 Å². The predicted octanol–water partition coefficient (Wildman–Crippen LogP) is 6.41. The van der Waals surface area contributed by atoms with Crippen molar-refractivity contribution >= 4 is 0 Å². The van der Waals surface area contributed by atoms with E-state index >= 15 is 0 Å². The van der Waals surface area contributed by atoms with Gasteiger partial charge in [-0.2, -0.15) is 0 Å². The Labute approximate surface area is 198 Å². The summed E-state index contributed by atoms with van der Waals surface area (Å²) < 4.78 is 22.5. The molecule has 33 heavy (non-hydrogen) atoms. The summed E-state index contributed by atoms with van der Waals surface area (Å²) in [5, 5.41) is 0. The number of hydrogen-bond acceptors (Lipinski definition) is 4. The molecule has 0 atom stereocenters. The van der Waals surface area contributed by atoms with Gasteiger partial charge in [0.2, 0.25) is 0 Å². The van der Waals surface area contributed by atoms with Crippen molar-refractivity contribution in [1.29, 1.82) is 0 Å². The Morgan fingerprint density at radius 3 is 1.48 bits per heavy atom. The molecular weight excluding hydrogens is 412 g/mol. The Hall–Kier alpha value is -2.88. The average molecular weight is 449 g/mol. The molecule has 0 saturated carbocycles. The van der Waals surface area contributed by atoms with Gasteiger partial charge < -0.3 is 18.9 Å². The first kappa shape index (κ1) is 23.3. The maximum absolute atomic E-state index is 6.02. The van der Waals surface area contributed by atoms with Crippen LogP contribution in [0, 0.1) is 0 Å². The molecule has 0 unspecified atom stereocenters. The Bertz CT molecular complexity index is 950. The van der Waals surface area contributed by atoms with Crippen LogP contribution in [0.5, 0.6) is 11.5 Å². The predicted molar refractivity (Wildman–Crippen MR) is 132 cm³/mol. The van der Waals surface area contributed by atoms with Crippen molar-refractivity contribution in [3.05, 3.63) is 84.3 Å². The van der Waals surface area contributed by atoms with Gasteiger partial charge in [0.25, 0.3) is 0 Å². The molecule has 4 rings (SSSR count). The summed E-state index contributed by atoms with van der Waals surface area (Å²) in [6, 6.07) is 13.2. The van der Waals surface area contributed by atoms with E-state index < -0.39 is 0 Å². The van der Waals surface area contributed by atoms with E-state index in [-0.39, 0.29) is 16.2 Å². The van der Waals surface area contributed by atoms with Crippen molar-refractivity contribution in [3.8, 4) is 11.5 Å². The van der Waals surface area contributed by atoms with E-state index in [0.29, 0.717) is 26.4 Å². The largest absolute Gasteiger partial charge is 0.498 e. The smallest absolute Gasteiger partial charge is 0.122 e. The van der Waals surface area contributed by atoms with Gasteiger partial charge in [0.1, 0.15) is 37.9 Å². The summed E-state index contributed by atoms with van der Waals surface area (Å²) in [5.41, 5.74) is 5.67. The maximum atomic E-state index is 6.02. The maximum Gasteiger partial charge on any atom is 0.122 e. The standard InChI is InChI=1S/C29H36O4/c1-7-30-13-15-32-21-9-11-23-25(17-21)29(19-27(23,3)4)20-28(5,6)24-12-10-22(18-26(24)29)33-16-14-31-8-2/h7-12,17-18H,1-2,13-16,19-20H2,3-6H3. The fourth-order valence-corrected chi connectivity index (χ4v) is 6.07. The summed E-state index contributed by atoms with van der Waals surface area (Å²) in [7, 11) is 0. The van der Waals surface area contributed by atoms with Crippen molar-refractivity contribution in [2.45, 2.75) is 56.8 Å². The second-order valence-electron chi connectivity index (χ2n) is 10.4. The SMILES string of the molecule is C=COCCOc1ccc2c(c1)C1(CC2(C)C)CC(C)(C)c2ccc(OCCOC=C)cc21. The minimum absolute atomic E-state index is 0.0638. The zero-order valence-electron chi connectivity index (χ0n) is 20.4. The Morgan fingerprint density at radius 2 is 1.09 bits per heavy atom. The number of fused-ring (bicyclic) bond motifs is 4. The lowest BCUT2D eigenvalue weighted by molar-refractivity contribution is 0.179. The van der Waals surface area contributed by atoms with Gasteiger partial charge in [-0.05, 0) is 70.2 Å². The quantitative estimate of drug-likeness (QED) is 0.311. The molecule has 0 aliphatic heterocycles. The van der Waals surface area contributed by atoms with Crippen LogP contribution >= 0.6 is 0 Å². The monoisotopic (exact) mass is 448 g/mol. The third-order valence-electron chi connectivity index (χ3n) is 7.13. The molecule has 4 heteroatoms. The van der Waals surface area contributed by atoms with Crippen LogP contribution in [0.1, 0.15) is 62.8 Å². The lowest BCUT2D eigenvalue weighted by Crippen LogP contribution is -2.27. The summed E-state index contributed by atoms with van der Waals surface area (Å²) in [6.07, 6.45) is 5.03. The molecule has 2 aromatic rings. The van der Waals surface area contributed by atoms with E-state index in [2.05, 4.69) is 77.3 Å². The molecule has 0 heterocycles. The molecule has 0 amide bonds. The highest BCUT2D eigenvalue weighted by Crippen LogP contribution is 2.63. The lowest BCUT2D eigenvalue weighted by atomic mass is 9.72. The number of benzene rings is 2. The highest BCUT2D eigenvalue weighted by atomic mass is 16.5. The van der Waals surface area contributed by atoms with E-state index in [1.54, 1.807) is 0 Å². The van der Waals surface area contributed by atoms with E-state index in [4.69, 9.17) is 18.9 Å². The summed E-state index contributed by atoms with van der Waals surface area (Å²) in [6.45, 7) is 18.6. The van der Waals surface area contributed by atoms with E-state index in [1.807, 2.05) is 0 Å². The van der Waals surface area contributed by atoms with E-state index in [1.165, 1.54) is 34.8 Å². The molecule has 4 nitrogen and oxygen atoms in total. The van der Waals surface area contributed by atoms with Crippen molar-refractivity contribution in [2.75, 3.05) is 26.4 Å². The first-order chi connectivity index (χ1) is 15.7. The summed E-state index contributed by atoms with van der Waals surface area (Å²) in [5.74, 6) is 1.78. The van der Waals surface area contributed by atoms with Crippen LogP contribution in [0.25, 0.3) is 0 Å². The second-order valence-corrected chi connectivity index (χ2v) is 10.4. The van der Waals surface area contributed by atoms with Crippen molar-refractivity contribution in [3.63, 3.8) is 0 Å². The highest BCUT2D eigenvalue weighted by Gasteiger charge is 2.56. The molecule has 176 valence electrons. The molecule has 0 radical (unpaired) electrons. The van der Waals surface area contributed by atoms with Crippen LogP contribution < -0.4 is 9.47 Å². The zero-order chi connectivity index (χ0) is 23.7. The molecule has 0 aromatic heterocycles. The second kappa shape index (κ2) is 8.81. The van der Waals surface area contributed by atoms with Crippen molar-refractivity contribution in [2.24, 2.45) is 0 Å². The molecule has 0 bridgehead atoms. The Balaban J connectivity index is 1.73. The number of ether oxygens (including phenoxy) is 4. The van der Waals surface area contributed by atoms with Gasteiger partial charge >= 0.3 is 0 Å². The zero-order valence-corrected chi connectivity index (χ0v) is 20.4. The molecule has 2 aromatic carbocycles. The van der Waals surface area contributed by atoms with Gasteiger partial charge in [-0.15, -0.1) is 0 Å². The Morgan fingerprint density at radius 1 is 0.667 bits per heavy atom. The van der Waals surface area contributed by atoms with Gasteiger partial charge in [0, 0.05) is 5.41 Å². The van der Waals surface area contributed by atoms with Gasteiger partial charge in [-0.1, -0.05) is 53.0 Å². The minimum atomic E-state index is -0.0638. The van der Waals surface area contributed by atoms with Crippen LogP contribution in [0.4, 0.5) is 0 Å². The van der Waals surface area contributed by atoms with Crippen LogP contribution in [0.2, 0.25) is 0 Å². The number of hydrogen-bond donors (Lipinski definition) is 0. The van der Waals surface area contributed by atoms with Gasteiger partial charge in [0.15, 0.2) is 0 Å². The normalized spacial score (nSPS) is 18.3. The third-order valence-corrected chi connectivity index (χ3v) is 7.13. The fourth-order valence-electron chi connectivity index (χ4n) is 6.07. The first-order valence-electron chi connectivity index (χ1n) is 11.7. The minimum Gasteiger partial charge on any atom is -0.498 e. The van der Waals surface area contributed by atoms with Gasteiger partial charge in [0.05, 0.1) is 12.5 Å². The molecular formula is C29H36O4. The topological polar surface area (TPSA) is 36.9 Å². The molecule has 2 aliphatic carbocycles. The van der Waals surface area contributed by atoms with E-state index in [9.17, 15) is 0 Å².